The van der Waals surface area contributed by atoms with Crippen molar-refractivity contribution in [2.24, 2.45) is 11.8 Å². The lowest BCUT2D eigenvalue weighted by molar-refractivity contribution is -0.148. The smallest absolute Gasteiger partial charge is 0.339 e. The molecule has 9 nitrogen and oxygen atoms in total. The number of carbonyl (C=O) groups is 2. The number of amides is 2. The molecule has 0 bridgehead atoms. The van der Waals surface area contributed by atoms with Crippen LogP contribution in [0.1, 0.15) is 35.2 Å². The molecule has 2 atom stereocenters. The molecule has 40 heavy (non-hydrogen) atoms. The Morgan fingerprint density at radius 1 is 1.05 bits per heavy atom. The van der Waals surface area contributed by atoms with Crippen LogP contribution < -0.4 is 10.6 Å². The van der Waals surface area contributed by atoms with Crippen molar-refractivity contribution in [3.8, 4) is 0 Å². The van der Waals surface area contributed by atoms with E-state index in [-0.39, 0.29) is 12.5 Å². The highest BCUT2D eigenvalue weighted by molar-refractivity contribution is 5.95. The molecular weight excluding hydrogens is 523 g/mol. The molecule has 0 spiro atoms. The number of aromatic nitrogens is 3. The first kappa shape index (κ1) is 26.3. The monoisotopic (exact) mass is 553 g/mol. The summed E-state index contributed by atoms with van der Waals surface area (Å²) >= 11 is 0. The van der Waals surface area contributed by atoms with Crippen molar-refractivity contribution in [2.45, 2.75) is 25.4 Å². The van der Waals surface area contributed by atoms with Gasteiger partial charge in [-0.05, 0) is 60.2 Å². The van der Waals surface area contributed by atoms with Crippen LogP contribution >= 0.6 is 0 Å². The van der Waals surface area contributed by atoms with E-state index < -0.39 is 24.9 Å². The van der Waals surface area contributed by atoms with E-state index in [9.17, 15) is 22.8 Å². The standard InChI is InChI=1S/C28H30F3N7O2/c29-28(30,31)10-7-24(39)36-12-8-18(9-13-36)23-2-1-11-38-25(23)34-27(35-38)33-22-5-3-19(4-6-22)26(40)37-16-20-14-32-15-21(20)17-37/h1-6,8,11,20-21,32H,7,9-10,12-17H2,(H,33,35). The third-order valence-corrected chi connectivity index (χ3v) is 7.96. The van der Waals surface area contributed by atoms with Crippen LogP contribution in [0.2, 0.25) is 0 Å². The molecule has 2 N–H and O–H groups in total. The summed E-state index contributed by atoms with van der Waals surface area (Å²) in [6.07, 6.45) is -1.82. The zero-order chi connectivity index (χ0) is 27.9. The fraction of sp³-hybridized carbons (Fsp3) is 0.429. The molecule has 3 aliphatic heterocycles. The summed E-state index contributed by atoms with van der Waals surface area (Å²) in [4.78, 5) is 33.2. The Morgan fingerprint density at radius 3 is 2.48 bits per heavy atom. The van der Waals surface area contributed by atoms with Crippen molar-refractivity contribution in [3.63, 3.8) is 0 Å². The third-order valence-electron chi connectivity index (χ3n) is 7.96. The second-order valence-electron chi connectivity index (χ2n) is 10.7. The summed E-state index contributed by atoms with van der Waals surface area (Å²) in [6.45, 7) is 4.16. The van der Waals surface area contributed by atoms with Gasteiger partial charge in [-0.1, -0.05) is 6.08 Å². The number of anilines is 2. The number of rotatable bonds is 6. The molecular formula is C28H30F3N7O2. The van der Waals surface area contributed by atoms with Gasteiger partial charge in [0.2, 0.25) is 11.9 Å². The van der Waals surface area contributed by atoms with E-state index in [1.54, 1.807) is 10.7 Å². The number of fused-ring (bicyclic) bond motifs is 2. The summed E-state index contributed by atoms with van der Waals surface area (Å²) in [6, 6.07) is 11.1. The Morgan fingerprint density at radius 2 is 1.80 bits per heavy atom. The minimum absolute atomic E-state index is 0.0535. The molecule has 3 aromatic rings. The SMILES string of the molecule is O=C(CCC(F)(F)F)N1CC=C(c2cccn3nc(Nc4ccc(C(=O)N5CC6CNCC6C5)cc4)nc23)CC1. The van der Waals surface area contributed by atoms with Gasteiger partial charge in [0.1, 0.15) is 0 Å². The molecule has 3 aliphatic rings. The predicted octanol–water partition coefficient (Wildman–Crippen LogP) is 3.72. The number of benzene rings is 1. The van der Waals surface area contributed by atoms with Crippen molar-refractivity contribution in [3.05, 3.63) is 59.8 Å². The maximum Gasteiger partial charge on any atom is 0.389 e. The Hall–Kier alpha value is -3.93. The van der Waals surface area contributed by atoms with Gasteiger partial charge >= 0.3 is 6.18 Å². The Balaban J connectivity index is 1.11. The number of halogens is 3. The lowest BCUT2D eigenvalue weighted by atomic mass is 10.00. The maximum absolute atomic E-state index is 13.0. The first-order valence-electron chi connectivity index (χ1n) is 13.5. The number of alkyl halides is 3. The number of hydrogen-bond acceptors (Lipinski definition) is 6. The van der Waals surface area contributed by atoms with Crippen molar-refractivity contribution in [1.82, 2.24) is 29.7 Å². The summed E-state index contributed by atoms with van der Waals surface area (Å²) < 4.78 is 39.1. The zero-order valence-electron chi connectivity index (χ0n) is 21.8. The van der Waals surface area contributed by atoms with Crippen molar-refractivity contribution >= 4 is 34.7 Å². The highest BCUT2D eigenvalue weighted by Crippen LogP contribution is 2.29. The van der Waals surface area contributed by atoms with Gasteiger partial charge in [-0.2, -0.15) is 18.2 Å². The molecule has 2 amide bonds. The first-order valence-corrected chi connectivity index (χ1v) is 13.5. The van der Waals surface area contributed by atoms with Gasteiger partial charge < -0.3 is 20.4 Å². The Kier molecular flexibility index (Phi) is 6.95. The normalized spacial score (nSPS) is 21.0. The molecule has 0 saturated carbocycles. The number of likely N-dealkylation sites (tertiary alicyclic amines) is 1. The minimum Gasteiger partial charge on any atom is -0.339 e. The second kappa shape index (κ2) is 10.6. The largest absolute Gasteiger partial charge is 0.389 e. The number of carbonyl (C=O) groups excluding carboxylic acids is 2. The molecule has 5 heterocycles. The van der Waals surface area contributed by atoms with Gasteiger partial charge in [-0.3, -0.25) is 9.59 Å². The van der Waals surface area contributed by atoms with Crippen LogP contribution in [0.15, 0.2) is 48.7 Å². The molecule has 6 rings (SSSR count). The topological polar surface area (TPSA) is 94.9 Å². The van der Waals surface area contributed by atoms with Crippen LogP contribution in [0.4, 0.5) is 24.8 Å². The van der Waals surface area contributed by atoms with E-state index in [1.807, 2.05) is 47.4 Å². The molecule has 1 aromatic carbocycles. The molecule has 210 valence electrons. The molecule has 2 fully saturated rings. The highest BCUT2D eigenvalue weighted by atomic mass is 19.4. The summed E-state index contributed by atoms with van der Waals surface area (Å²) in [7, 11) is 0. The Bertz CT molecular complexity index is 1440. The third kappa shape index (κ3) is 5.53. The first-order chi connectivity index (χ1) is 19.2. The summed E-state index contributed by atoms with van der Waals surface area (Å²) in [5, 5.41) is 11.1. The van der Waals surface area contributed by atoms with Gasteiger partial charge in [0, 0.05) is 68.7 Å². The number of nitrogens with one attached hydrogen (secondary N) is 2. The van der Waals surface area contributed by atoms with Gasteiger partial charge in [-0.25, -0.2) is 4.52 Å². The number of hydrogen-bond donors (Lipinski definition) is 2. The van der Waals surface area contributed by atoms with E-state index >= 15 is 0 Å². The fourth-order valence-electron chi connectivity index (χ4n) is 5.79. The van der Waals surface area contributed by atoms with Crippen molar-refractivity contribution in [2.75, 3.05) is 44.6 Å². The molecule has 0 radical (unpaired) electrons. The van der Waals surface area contributed by atoms with Crippen LogP contribution in [0.5, 0.6) is 0 Å². The van der Waals surface area contributed by atoms with Crippen LogP contribution in [-0.4, -0.2) is 81.7 Å². The molecule has 2 saturated heterocycles. The second-order valence-corrected chi connectivity index (χ2v) is 10.7. The predicted molar refractivity (Wildman–Crippen MR) is 143 cm³/mol. The maximum atomic E-state index is 13.0. The van der Waals surface area contributed by atoms with Crippen molar-refractivity contribution < 1.29 is 22.8 Å². The van der Waals surface area contributed by atoms with Crippen LogP contribution in [0.25, 0.3) is 11.2 Å². The quantitative estimate of drug-likeness (QED) is 0.483. The van der Waals surface area contributed by atoms with E-state index in [4.69, 9.17) is 0 Å². The average molecular weight is 554 g/mol. The van der Waals surface area contributed by atoms with E-state index in [0.29, 0.717) is 42.0 Å². The average Bonchev–Trinajstić information content (AvgIpc) is 3.66. The van der Waals surface area contributed by atoms with E-state index in [2.05, 4.69) is 20.7 Å². The number of nitrogens with zero attached hydrogens (tertiary/aromatic N) is 5. The summed E-state index contributed by atoms with van der Waals surface area (Å²) in [5.74, 6) is 1.05. The van der Waals surface area contributed by atoms with Gasteiger partial charge in [-0.15, -0.1) is 5.10 Å². The highest BCUT2D eigenvalue weighted by Gasteiger charge is 2.38. The molecule has 2 aromatic heterocycles. The zero-order valence-corrected chi connectivity index (χ0v) is 21.8. The van der Waals surface area contributed by atoms with Gasteiger partial charge in [0.15, 0.2) is 5.65 Å². The lowest BCUT2D eigenvalue weighted by Crippen LogP contribution is -2.35. The molecule has 0 aliphatic carbocycles. The summed E-state index contributed by atoms with van der Waals surface area (Å²) in [5.41, 5.74) is 3.86. The minimum atomic E-state index is -4.34. The molecule has 2 unspecified atom stereocenters. The Labute approximate surface area is 229 Å². The van der Waals surface area contributed by atoms with Gasteiger partial charge in [0.05, 0.1) is 6.42 Å². The lowest BCUT2D eigenvalue weighted by Gasteiger charge is -2.27. The number of pyridine rings is 1. The van der Waals surface area contributed by atoms with Crippen LogP contribution in [-0.2, 0) is 4.79 Å². The fourth-order valence-corrected chi connectivity index (χ4v) is 5.79. The van der Waals surface area contributed by atoms with Crippen LogP contribution in [0, 0.1) is 11.8 Å². The molecule has 12 heteroatoms. The van der Waals surface area contributed by atoms with Gasteiger partial charge in [0.25, 0.3) is 5.91 Å². The van der Waals surface area contributed by atoms with Crippen LogP contribution in [0.3, 0.4) is 0 Å². The van der Waals surface area contributed by atoms with E-state index in [0.717, 1.165) is 43.0 Å². The van der Waals surface area contributed by atoms with Crippen molar-refractivity contribution in [1.29, 1.82) is 0 Å². The van der Waals surface area contributed by atoms with E-state index in [1.165, 1.54) is 4.90 Å².